The lowest BCUT2D eigenvalue weighted by Gasteiger charge is -2.33. The maximum atomic E-state index is 6.36. The van der Waals surface area contributed by atoms with Gasteiger partial charge in [-0.15, -0.1) is 0 Å². The third-order valence-electron chi connectivity index (χ3n) is 3.63. The van der Waals surface area contributed by atoms with Gasteiger partial charge in [0.05, 0.1) is 16.4 Å². The minimum Gasteiger partial charge on any atom is -0.327 e. The summed E-state index contributed by atoms with van der Waals surface area (Å²) in [5, 5.41) is 5.39. The lowest BCUT2D eigenvalue weighted by Crippen LogP contribution is -2.40. The van der Waals surface area contributed by atoms with Crippen molar-refractivity contribution in [2.24, 2.45) is 11.7 Å². The molecule has 0 saturated heterocycles. The zero-order valence-electron chi connectivity index (χ0n) is 10.0. The molecule has 1 saturated carbocycles. The zero-order chi connectivity index (χ0) is 11.7. The van der Waals surface area contributed by atoms with E-state index >= 15 is 0 Å². The van der Waals surface area contributed by atoms with Crippen LogP contribution in [0.25, 0.3) is 0 Å². The van der Waals surface area contributed by atoms with Gasteiger partial charge in [0.25, 0.3) is 0 Å². The number of halogens is 1. The van der Waals surface area contributed by atoms with Crippen LogP contribution in [-0.2, 0) is 19.4 Å². The summed E-state index contributed by atoms with van der Waals surface area (Å²) in [4.78, 5) is 0. The number of hydrogen-bond donors (Lipinski definition) is 1. The molecule has 1 aromatic rings. The van der Waals surface area contributed by atoms with Crippen molar-refractivity contribution < 1.29 is 0 Å². The maximum Gasteiger partial charge on any atom is 0.0849 e. The van der Waals surface area contributed by atoms with Crippen molar-refractivity contribution in [2.75, 3.05) is 0 Å². The fourth-order valence-electron chi connectivity index (χ4n) is 2.31. The highest BCUT2D eigenvalue weighted by Gasteiger charge is 2.29. The standard InChI is InChI=1S/C12H20ClN3/c1-3-10-12(13)11(16(4-2)15-10)7-8-5-6-9(8)14/h8-9H,3-7,14H2,1-2H3. The van der Waals surface area contributed by atoms with Crippen molar-refractivity contribution in [1.29, 1.82) is 0 Å². The van der Waals surface area contributed by atoms with Gasteiger partial charge in [-0.05, 0) is 38.5 Å². The minimum absolute atomic E-state index is 0.362. The van der Waals surface area contributed by atoms with E-state index in [1.165, 1.54) is 12.1 Å². The Bertz CT molecular complexity index is 373. The molecule has 0 bridgehead atoms. The molecular formula is C12H20ClN3. The number of aromatic nitrogens is 2. The van der Waals surface area contributed by atoms with Gasteiger partial charge >= 0.3 is 0 Å². The molecule has 0 radical (unpaired) electrons. The molecule has 0 aliphatic heterocycles. The molecule has 1 heterocycles. The van der Waals surface area contributed by atoms with Crippen molar-refractivity contribution >= 4 is 11.6 Å². The molecule has 1 aliphatic carbocycles. The molecule has 0 aromatic carbocycles. The SMILES string of the molecule is CCc1nn(CC)c(CC2CCC2N)c1Cl. The highest BCUT2D eigenvalue weighted by Crippen LogP contribution is 2.32. The van der Waals surface area contributed by atoms with E-state index in [-0.39, 0.29) is 0 Å². The Balaban J connectivity index is 2.20. The third-order valence-corrected chi connectivity index (χ3v) is 4.06. The quantitative estimate of drug-likeness (QED) is 0.880. The Morgan fingerprint density at radius 1 is 1.44 bits per heavy atom. The third kappa shape index (κ3) is 1.98. The molecule has 2 atom stereocenters. The minimum atomic E-state index is 0.362. The second-order valence-electron chi connectivity index (χ2n) is 4.58. The smallest absolute Gasteiger partial charge is 0.0849 e. The molecule has 4 heteroatoms. The van der Waals surface area contributed by atoms with Gasteiger partial charge in [0.15, 0.2) is 0 Å². The van der Waals surface area contributed by atoms with E-state index in [1.807, 2.05) is 4.68 Å². The molecule has 1 fully saturated rings. The fraction of sp³-hybridized carbons (Fsp3) is 0.750. The first-order chi connectivity index (χ1) is 7.67. The van der Waals surface area contributed by atoms with Crippen molar-refractivity contribution in [1.82, 2.24) is 9.78 Å². The Morgan fingerprint density at radius 3 is 2.62 bits per heavy atom. The van der Waals surface area contributed by atoms with Crippen LogP contribution in [0.1, 0.15) is 38.1 Å². The molecule has 2 N–H and O–H groups in total. The van der Waals surface area contributed by atoms with E-state index in [0.717, 1.165) is 36.5 Å². The summed E-state index contributed by atoms with van der Waals surface area (Å²) in [5.74, 6) is 0.601. The number of aryl methyl sites for hydroxylation is 2. The van der Waals surface area contributed by atoms with Gasteiger partial charge in [-0.3, -0.25) is 4.68 Å². The summed E-state index contributed by atoms with van der Waals surface area (Å²) in [5.41, 5.74) is 8.18. The molecule has 3 nitrogen and oxygen atoms in total. The van der Waals surface area contributed by atoms with Crippen molar-refractivity contribution in [3.63, 3.8) is 0 Å². The largest absolute Gasteiger partial charge is 0.327 e. The van der Waals surface area contributed by atoms with Gasteiger partial charge in [0.1, 0.15) is 0 Å². The van der Waals surface area contributed by atoms with Gasteiger partial charge in [0, 0.05) is 12.6 Å². The Kier molecular flexibility index (Phi) is 3.55. The molecule has 16 heavy (non-hydrogen) atoms. The first kappa shape index (κ1) is 11.9. The van der Waals surface area contributed by atoms with Crippen LogP contribution in [-0.4, -0.2) is 15.8 Å². The molecule has 2 unspecified atom stereocenters. The molecule has 0 spiro atoms. The van der Waals surface area contributed by atoms with Crippen LogP contribution in [0, 0.1) is 5.92 Å². The summed E-state index contributed by atoms with van der Waals surface area (Å²) in [6.07, 6.45) is 4.27. The van der Waals surface area contributed by atoms with E-state index < -0.39 is 0 Å². The second-order valence-corrected chi connectivity index (χ2v) is 4.96. The van der Waals surface area contributed by atoms with Gasteiger partial charge in [-0.1, -0.05) is 18.5 Å². The number of rotatable bonds is 4. The van der Waals surface area contributed by atoms with Crippen LogP contribution in [0.4, 0.5) is 0 Å². The molecule has 1 aliphatic rings. The average molecular weight is 242 g/mol. The monoisotopic (exact) mass is 241 g/mol. The first-order valence-corrected chi connectivity index (χ1v) is 6.54. The molecule has 0 amide bonds. The van der Waals surface area contributed by atoms with E-state index in [2.05, 4.69) is 18.9 Å². The van der Waals surface area contributed by atoms with E-state index in [0.29, 0.717) is 12.0 Å². The normalized spacial score (nSPS) is 24.5. The van der Waals surface area contributed by atoms with Crippen LogP contribution in [0.15, 0.2) is 0 Å². The first-order valence-electron chi connectivity index (χ1n) is 6.17. The second kappa shape index (κ2) is 4.76. The summed E-state index contributed by atoms with van der Waals surface area (Å²) in [7, 11) is 0. The van der Waals surface area contributed by atoms with Gasteiger partial charge in [0.2, 0.25) is 0 Å². The topological polar surface area (TPSA) is 43.8 Å². The van der Waals surface area contributed by atoms with Gasteiger partial charge in [-0.25, -0.2) is 0 Å². The van der Waals surface area contributed by atoms with E-state index in [1.54, 1.807) is 0 Å². The van der Waals surface area contributed by atoms with Crippen LogP contribution in [0.3, 0.4) is 0 Å². The highest BCUT2D eigenvalue weighted by molar-refractivity contribution is 6.31. The van der Waals surface area contributed by atoms with Crippen LogP contribution in [0.5, 0.6) is 0 Å². The summed E-state index contributed by atoms with van der Waals surface area (Å²) < 4.78 is 2.03. The number of hydrogen-bond acceptors (Lipinski definition) is 2. The molecule has 90 valence electrons. The fourth-order valence-corrected chi connectivity index (χ4v) is 2.66. The van der Waals surface area contributed by atoms with Crippen LogP contribution in [0.2, 0.25) is 5.02 Å². The predicted octanol–water partition coefficient (Wildman–Crippen LogP) is 2.40. The summed E-state index contributed by atoms with van der Waals surface area (Å²) in [6, 6.07) is 0.362. The van der Waals surface area contributed by atoms with Crippen molar-refractivity contribution in [2.45, 2.75) is 52.1 Å². The van der Waals surface area contributed by atoms with Gasteiger partial charge in [-0.2, -0.15) is 5.10 Å². The number of nitrogens with two attached hydrogens (primary N) is 1. The van der Waals surface area contributed by atoms with Crippen molar-refractivity contribution in [3.05, 3.63) is 16.4 Å². The van der Waals surface area contributed by atoms with Crippen molar-refractivity contribution in [3.8, 4) is 0 Å². The van der Waals surface area contributed by atoms with Crippen LogP contribution < -0.4 is 5.73 Å². The Labute approximate surface area is 102 Å². The number of nitrogens with zero attached hydrogens (tertiary/aromatic N) is 2. The molecule has 2 rings (SSSR count). The zero-order valence-corrected chi connectivity index (χ0v) is 10.8. The molecular weight excluding hydrogens is 222 g/mol. The lowest BCUT2D eigenvalue weighted by molar-refractivity contribution is 0.251. The summed E-state index contributed by atoms with van der Waals surface area (Å²) >= 11 is 6.36. The van der Waals surface area contributed by atoms with E-state index in [9.17, 15) is 0 Å². The van der Waals surface area contributed by atoms with Crippen LogP contribution >= 0.6 is 11.6 Å². The average Bonchev–Trinajstić information content (AvgIpc) is 2.60. The molecule has 1 aromatic heterocycles. The lowest BCUT2D eigenvalue weighted by atomic mass is 9.77. The predicted molar refractivity (Wildman–Crippen MR) is 66.7 cm³/mol. The Morgan fingerprint density at radius 2 is 2.19 bits per heavy atom. The maximum absolute atomic E-state index is 6.36. The highest BCUT2D eigenvalue weighted by atomic mass is 35.5. The van der Waals surface area contributed by atoms with Gasteiger partial charge < -0.3 is 5.73 Å². The summed E-state index contributed by atoms with van der Waals surface area (Å²) in [6.45, 7) is 5.08. The Hall–Kier alpha value is -0.540. The van der Waals surface area contributed by atoms with E-state index in [4.69, 9.17) is 17.3 Å².